The Balaban J connectivity index is 1.15. The summed E-state index contributed by atoms with van der Waals surface area (Å²) in [6.45, 7) is 0. The van der Waals surface area contributed by atoms with Gasteiger partial charge in [-0.05, 0) is 123 Å². The van der Waals surface area contributed by atoms with E-state index in [4.69, 9.17) is 4.74 Å². The van der Waals surface area contributed by atoms with Gasteiger partial charge in [0.2, 0.25) is 0 Å². The molecule has 2 heterocycles. The summed E-state index contributed by atoms with van der Waals surface area (Å²) >= 11 is 0. The molecule has 0 aromatic heterocycles. The average molecular weight is 874 g/mol. The lowest BCUT2D eigenvalue weighted by atomic mass is 10.0. The van der Waals surface area contributed by atoms with Crippen LogP contribution in [0.3, 0.4) is 0 Å². The second-order valence-electron chi connectivity index (χ2n) is 17.5. The molecule has 13 rings (SSSR count). The number of ether oxygens (including phenoxy) is 1. The molecule has 0 N–H and O–H groups in total. The molecule has 0 amide bonds. The normalized spacial score (nSPS) is 13.8. The van der Waals surface area contributed by atoms with Crippen molar-refractivity contribution < 1.29 is 4.74 Å². The maximum atomic E-state index is 6.93. The van der Waals surface area contributed by atoms with E-state index in [-0.39, 0.29) is 0 Å². The van der Waals surface area contributed by atoms with Crippen molar-refractivity contribution in [3.05, 3.63) is 261 Å². The van der Waals surface area contributed by atoms with Crippen LogP contribution in [0, 0.1) is 0 Å². The van der Waals surface area contributed by atoms with Crippen molar-refractivity contribution in [2.45, 2.75) is 0 Å². The summed E-state index contributed by atoms with van der Waals surface area (Å²) in [5, 5.41) is 16.1. The van der Waals surface area contributed by atoms with Gasteiger partial charge >= 0.3 is 0 Å². The van der Waals surface area contributed by atoms with Crippen molar-refractivity contribution in [1.29, 1.82) is 0 Å². The summed E-state index contributed by atoms with van der Waals surface area (Å²) in [4.78, 5) is 2.48. The third kappa shape index (κ3) is 5.65. The largest absolute Gasteiger partial charge is 0.458 e. The van der Waals surface area contributed by atoms with Gasteiger partial charge in [0.15, 0.2) is 16.1 Å². The second-order valence-corrected chi connectivity index (χ2v) is 24.9. The quantitative estimate of drug-likeness (QED) is 0.122. The predicted octanol–water partition coefficient (Wildman–Crippen LogP) is 10.3. The summed E-state index contributed by atoms with van der Waals surface area (Å²) in [5.74, 6) is 1.88. The van der Waals surface area contributed by atoms with Gasteiger partial charge in [0, 0.05) is 17.1 Å². The van der Waals surface area contributed by atoms with Crippen LogP contribution in [0.4, 0.5) is 17.1 Å². The topological polar surface area (TPSA) is 12.5 Å². The molecule has 310 valence electrons. The summed E-state index contributed by atoms with van der Waals surface area (Å²) in [7, 11) is -6.11. The minimum atomic E-state index is -3.13. The Labute approximate surface area is 387 Å². The first-order valence-corrected chi connectivity index (χ1v) is 26.8. The second kappa shape index (κ2) is 15.3. The fourth-order valence-corrected chi connectivity index (χ4v) is 23.8. The zero-order valence-electron chi connectivity index (χ0n) is 36.2. The van der Waals surface area contributed by atoms with E-state index < -0.39 is 16.1 Å². The molecule has 2 aliphatic heterocycles. The number of benzene rings is 11. The van der Waals surface area contributed by atoms with E-state index in [0.717, 1.165) is 28.6 Å². The lowest BCUT2D eigenvalue weighted by Gasteiger charge is -2.50. The van der Waals surface area contributed by atoms with Crippen molar-refractivity contribution in [3.63, 3.8) is 0 Å². The van der Waals surface area contributed by atoms with E-state index in [1.165, 1.54) is 74.2 Å². The molecule has 11 aromatic rings. The maximum Gasteiger partial charge on any atom is 0.188 e. The van der Waals surface area contributed by atoms with Crippen LogP contribution in [0.2, 0.25) is 0 Å². The van der Waals surface area contributed by atoms with Gasteiger partial charge in [0.25, 0.3) is 0 Å². The van der Waals surface area contributed by atoms with Crippen LogP contribution in [0.5, 0.6) is 11.5 Å². The Morgan fingerprint density at radius 1 is 0.273 bits per heavy atom. The fourth-order valence-electron chi connectivity index (χ4n) is 11.5. The number of anilines is 3. The third-order valence-corrected chi connectivity index (χ3v) is 24.5. The Kier molecular flexibility index (Phi) is 8.92. The Morgan fingerprint density at radius 3 is 1.39 bits per heavy atom. The first-order valence-electron chi connectivity index (χ1n) is 22.8. The third-order valence-electron chi connectivity index (χ3n) is 14.2. The van der Waals surface area contributed by atoms with E-state index >= 15 is 0 Å². The molecule has 2 nitrogen and oxygen atoms in total. The molecule has 0 bridgehead atoms. The lowest BCUT2D eigenvalue weighted by molar-refractivity contribution is 0.487. The van der Waals surface area contributed by atoms with E-state index in [1.54, 1.807) is 0 Å². The van der Waals surface area contributed by atoms with Crippen LogP contribution in [-0.2, 0) is 0 Å². The Morgan fingerprint density at radius 2 is 0.727 bits per heavy atom. The smallest absolute Gasteiger partial charge is 0.188 e. The first-order chi connectivity index (χ1) is 32.7. The SMILES string of the molecule is c1ccc(-c2ccc(N(c3ccc4c(c3)[Si]3(c5ccccc5Oc5ccccc53)c3ccccc3[Si]4(c3ccccc3)c3ccccc3)c3ccc4c(ccc5ccccc54)c3)cc2)cc1. The van der Waals surface area contributed by atoms with Crippen molar-refractivity contribution in [3.8, 4) is 22.6 Å². The lowest BCUT2D eigenvalue weighted by Crippen LogP contribution is -2.93. The number of para-hydroxylation sites is 2. The average Bonchev–Trinajstić information content (AvgIpc) is 3.40. The molecule has 0 radical (unpaired) electrons. The van der Waals surface area contributed by atoms with Gasteiger partial charge in [0.1, 0.15) is 11.5 Å². The minimum absolute atomic E-state index is 0.942. The van der Waals surface area contributed by atoms with Crippen molar-refractivity contribution in [2.75, 3.05) is 4.90 Å². The number of rotatable bonds is 6. The van der Waals surface area contributed by atoms with Gasteiger partial charge in [-0.2, -0.15) is 0 Å². The summed E-state index contributed by atoms with van der Waals surface area (Å²) in [6, 6.07) is 97.6. The van der Waals surface area contributed by atoms with Crippen LogP contribution in [0.15, 0.2) is 261 Å². The monoisotopic (exact) mass is 873 g/mol. The van der Waals surface area contributed by atoms with E-state index in [9.17, 15) is 0 Å². The molecule has 0 atom stereocenters. The molecular formula is C62H43NOSi2. The molecular weight excluding hydrogens is 831 g/mol. The van der Waals surface area contributed by atoms with Crippen molar-refractivity contribution >= 4 is 96.2 Å². The van der Waals surface area contributed by atoms with Gasteiger partial charge in [-0.25, -0.2) is 0 Å². The number of hydrogen-bond acceptors (Lipinski definition) is 2. The number of fused-ring (bicyclic) bond motifs is 11. The van der Waals surface area contributed by atoms with Crippen LogP contribution >= 0.6 is 0 Å². The molecule has 0 fully saturated rings. The fraction of sp³-hybridized carbons (Fsp3) is 0. The highest BCUT2D eigenvalue weighted by Crippen LogP contribution is 2.39. The molecule has 1 spiro atoms. The predicted molar refractivity (Wildman–Crippen MR) is 282 cm³/mol. The summed E-state index contributed by atoms with van der Waals surface area (Å²) in [6.07, 6.45) is 0. The molecule has 0 saturated carbocycles. The number of hydrogen-bond donors (Lipinski definition) is 0. The van der Waals surface area contributed by atoms with Gasteiger partial charge < -0.3 is 9.64 Å². The van der Waals surface area contributed by atoms with Gasteiger partial charge in [0.05, 0.1) is 0 Å². The Hall–Kier alpha value is -8.03. The van der Waals surface area contributed by atoms with Crippen LogP contribution in [0.25, 0.3) is 32.7 Å². The van der Waals surface area contributed by atoms with E-state index in [0.29, 0.717) is 0 Å². The van der Waals surface area contributed by atoms with Gasteiger partial charge in [-0.1, -0.05) is 212 Å². The standard InChI is InChI=1S/C62H43NOSi2/c1-4-18-44(19-5-1)45-34-36-48(37-35-45)63(49-38-40-54-47(42-49)33-32-46-20-10-11-25-53(46)54)50-39-41-61-62(43-50)66(57-28-14-12-26-55(57)64-56-27-13-15-29-58(56)66)60-31-17-16-30-59(60)65(61,51-21-6-2-7-22-51)52-23-8-3-9-24-52/h1-43H. The summed E-state index contributed by atoms with van der Waals surface area (Å²) in [5.41, 5.74) is 5.73. The Bertz CT molecular complexity index is 3540. The maximum absolute atomic E-state index is 6.93. The van der Waals surface area contributed by atoms with Gasteiger partial charge in [-0.3, -0.25) is 0 Å². The zero-order valence-corrected chi connectivity index (χ0v) is 38.2. The highest BCUT2D eigenvalue weighted by Gasteiger charge is 2.59. The molecule has 4 heteroatoms. The molecule has 11 aromatic carbocycles. The zero-order chi connectivity index (χ0) is 43.7. The van der Waals surface area contributed by atoms with Crippen LogP contribution in [0.1, 0.15) is 0 Å². The van der Waals surface area contributed by atoms with Gasteiger partial charge in [-0.15, -0.1) is 0 Å². The highest BCUT2D eigenvalue weighted by atomic mass is 28.3. The van der Waals surface area contributed by atoms with Crippen LogP contribution < -0.4 is 51.1 Å². The first kappa shape index (κ1) is 38.4. The molecule has 0 aliphatic carbocycles. The minimum Gasteiger partial charge on any atom is -0.458 e. The molecule has 2 aliphatic rings. The van der Waals surface area contributed by atoms with Crippen molar-refractivity contribution in [2.24, 2.45) is 0 Å². The van der Waals surface area contributed by atoms with E-state index in [2.05, 4.69) is 266 Å². The van der Waals surface area contributed by atoms with Crippen LogP contribution in [-0.4, -0.2) is 16.1 Å². The molecule has 66 heavy (non-hydrogen) atoms. The molecule has 0 saturated heterocycles. The molecule has 0 unspecified atom stereocenters. The van der Waals surface area contributed by atoms with E-state index in [1.807, 2.05) is 0 Å². The van der Waals surface area contributed by atoms with Crippen molar-refractivity contribution in [1.82, 2.24) is 0 Å². The summed E-state index contributed by atoms with van der Waals surface area (Å²) < 4.78 is 6.93. The number of nitrogens with zero attached hydrogens (tertiary/aromatic N) is 1. The highest BCUT2D eigenvalue weighted by molar-refractivity contribution is 7.33.